The molecule has 3 heteroatoms. The molecule has 0 saturated carbocycles. The van der Waals surface area contributed by atoms with Crippen LogP contribution in [0.25, 0.3) is 0 Å². The smallest absolute Gasteiger partial charge is 0.303 e. The predicted molar refractivity (Wildman–Crippen MR) is 112 cm³/mol. The van der Waals surface area contributed by atoms with Crippen LogP contribution in [0.2, 0.25) is 0 Å². The highest BCUT2D eigenvalue weighted by atomic mass is 16.4. The monoisotopic (exact) mass is 370 g/mol. The Morgan fingerprint density at radius 1 is 0.615 bits per heavy atom. The van der Waals surface area contributed by atoms with Gasteiger partial charge in [-0.2, -0.15) is 0 Å². The second kappa shape index (κ2) is 20.7. The Morgan fingerprint density at radius 2 is 0.962 bits per heavy atom. The Labute approximate surface area is 163 Å². The fourth-order valence-corrected chi connectivity index (χ4v) is 3.55. The van der Waals surface area contributed by atoms with Crippen LogP contribution in [0.4, 0.5) is 0 Å². The summed E-state index contributed by atoms with van der Waals surface area (Å²) in [6.07, 6.45) is 23.5. The number of aliphatic carboxylic acids is 1. The summed E-state index contributed by atoms with van der Waals surface area (Å²) in [5.41, 5.74) is 0. The number of carbonyl (C=O) groups is 1. The predicted octanol–water partition coefficient (Wildman–Crippen LogP) is 7.25. The molecule has 1 unspecified atom stereocenters. The van der Waals surface area contributed by atoms with Crippen LogP contribution in [0.1, 0.15) is 135 Å². The quantitative estimate of drug-likeness (QED) is 0.209. The first-order valence-corrected chi connectivity index (χ1v) is 11.6. The minimum Gasteiger partial charge on any atom is -0.481 e. The topological polar surface area (TPSA) is 57.5 Å². The lowest BCUT2D eigenvalue weighted by atomic mass is 10.0. The SMILES string of the molecule is CCCCCCC(O)CCCCCCCCCCCCCCCC(=O)O. The van der Waals surface area contributed by atoms with E-state index in [1.165, 1.54) is 96.3 Å². The van der Waals surface area contributed by atoms with E-state index in [9.17, 15) is 9.90 Å². The van der Waals surface area contributed by atoms with E-state index in [4.69, 9.17) is 5.11 Å². The Balaban J connectivity index is 3.09. The summed E-state index contributed by atoms with van der Waals surface area (Å²) in [4.78, 5) is 10.4. The third kappa shape index (κ3) is 21.5. The molecule has 0 aliphatic rings. The van der Waals surface area contributed by atoms with Crippen molar-refractivity contribution in [2.75, 3.05) is 0 Å². The molecule has 0 rings (SSSR count). The summed E-state index contributed by atoms with van der Waals surface area (Å²) in [5, 5.41) is 18.5. The molecule has 0 saturated heterocycles. The van der Waals surface area contributed by atoms with Crippen molar-refractivity contribution in [2.45, 2.75) is 141 Å². The van der Waals surface area contributed by atoms with E-state index in [-0.39, 0.29) is 6.10 Å². The fraction of sp³-hybridized carbons (Fsp3) is 0.957. The molecule has 26 heavy (non-hydrogen) atoms. The third-order valence-corrected chi connectivity index (χ3v) is 5.32. The number of rotatable bonds is 21. The molecule has 156 valence electrons. The number of hydrogen-bond acceptors (Lipinski definition) is 2. The van der Waals surface area contributed by atoms with Crippen molar-refractivity contribution in [3.8, 4) is 0 Å². The van der Waals surface area contributed by atoms with Gasteiger partial charge in [0.15, 0.2) is 0 Å². The van der Waals surface area contributed by atoms with Crippen molar-refractivity contribution in [1.29, 1.82) is 0 Å². The Hall–Kier alpha value is -0.570. The molecule has 0 aromatic rings. The van der Waals surface area contributed by atoms with Crippen LogP contribution in [0.5, 0.6) is 0 Å². The van der Waals surface area contributed by atoms with E-state index in [0.29, 0.717) is 6.42 Å². The minimum absolute atomic E-state index is 0.0593. The molecular formula is C23H46O3. The lowest BCUT2D eigenvalue weighted by molar-refractivity contribution is -0.137. The Morgan fingerprint density at radius 3 is 1.35 bits per heavy atom. The van der Waals surface area contributed by atoms with Gasteiger partial charge < -0.3 is 10.2 Å². The molecule has 0 bridgehead atoms. The normalized spacial score (nSPS) is 12.4. The average molecular weight is 371 g/mol. The lowest BCUT2D eigenvalue weighted by Gasteiger charge is -2.10. The molecule has 0 spiro atoms. The Kier molecular flexibility index (Phi) is 20.3. The van der Waals surface area contributed by atoms with Crippen LogP contribution in [-0.2, 0) is 4.79 Å². The summed E-state index contributed by atoms with van der Waals surface area (Å²) in [7, 11) is 0. The minimum atomic E-state index is -0.663. The molecule has 0 aliphatic heterocycles. The molecular weight excluding hydrogens is 324 g/mol. The lowest BCUT2D eigenvalue weighted by Crippen LogP contribution is -2.05. The summed E-state index contributed by atoms with van der Waals surface area (Å²) in [5.74, 6) is -0.663. The average Bonchev–Trinajstić information content (AvgIpc) is 2.61. The summed E-state index contributed by atoms with van der Waals surface area (Å²) >= 11 is 0. The molecule has 3 nitrogen and oxygen atoms in total. The maximum atomic E-state index is 10.4. The maximum Gasteiger partial charge on any atom is 0.303 e. The summed E-state index contributed by atoms with van der Waals surface area (Å²) in [6.45, 7) is 2.23. The first-order valence-electron chi connectivity index (χ1n) is 11.6. The van der Waals surface area contributed by atoms with Gasteiger partial charge in [0.05, 0.1) is 6.10 Å². The second-order valence-corrected chi connectivity index (χ2v) is 8.03. The number of carboxylic acids is 1. The third-order valence-electron chi connectivity index (χ3n) is 5.32. The summed E-state index contributed by atoms with van der Waals surface area (Å²) < 4.78 is 0. The molecule has 0 amide bonds. The molecule has 0 aliphatic carbocycles. The molecule has 1 atom stereocenters. The van der Waals surface area contributed by atoms with Gasteiger partial charge in [-0.15, -0.1) is 0 Å². The van der Waals surface area contributed by atoms with Crippen LogP contribution in [0.15, 0.2) is 0 Å². The van der Waals surface area contributed by atoms with Gasteiger partial charge in [-0.1, -0.05) is 110 Å². The molecule has 0 heterocycles. The number of aliphatic hydroxyl groups is 1. The molecule has 0 aromatic carbocycles. The van der Waals surface area contributed by atoms with Crippen LogP contribution < -0.4 is 0 Å². The first kappa shape index (κ1) is 25.4. The number of unbranched alkanes of at least 4 members (excludes halogenated alkanes) is 15. The zero-order chi connectivity index (χ0) is 19.3. The van der Waals surface area contributed by atoms with Crippen LogP contribution >= 0.6 is 0 Å². The van der Waals surface area contributed by atoms with Crippen LogP contribution in [-0.4, -0.2) is 22.3 Å². The van der Waals surface area contributed by atoms with Crippen molar-refractivity contribution in [3.05, 3.63) is 0 Å². The van der Waals surface area contributed by atoms with Crippen molar-refractivity contribution in [3.63, 3.8) is 0 Å². The van der Waals surface area contributed by atoms with E-state index in [2.05, 4.69) is 6.92 Å². The highest BCUT2D eigenvalue weighted by molar-refractivity contribution is 5.66. The highest BCUT2D eigenvalue weighted by Crippen LogP contribution is 2.15. The van der Waals surface area contributed by atoms with Gasteiger partial charge in [-0.25, -0.2) is 0 Å². The van der Waals surface area contributed by atoms with Crippen LogP contribution in [0, 0.1) is 0 Å². The second-order valence-electron chi connectivity index (χ2n) is 8.03. The van der Waals surface area contributed by atoms with E-state index in [1.54, 1.807) is 0 Å². The molecule has 0 fully saturated rings. The fourth-order valence-electron chi connectivity index (χ4n) is 3.55. The number of hydrogen-bond donors (Lipinski definition) is 2. The van der Waals surface area contributed by atoms with Crippen LogP contribution in [0.3, 0.4) is 0 Å². The van der Waals surface area contributed by atoms with E-state index < -0.39 is 5.97 Å². The van der Waals surface area contributed by atoms with Gasteiger partial charge in [0.2, 0.25) is 0 Å². The highest BCUT2D eigenvalue weighted by Gasteiger charge is 2.03. The zero-order valence-corrected chi connectivity index (χ0v) is 17.5. The van der Waals surface area contributed by atoms with Gasteiger partial charge in [-0.05, 0) is 19.3 Å². The standard InChI is InChI=1S/C23H46O3/c1-2-3-4-16-19-22(24)20-17-14-12-10-8-6-5-7-9-11-13-15-18-21-23(25)26/h22,24H,2-21H2,1H3,(H,25,26). The van der Waals surface area contributed by atoms with Crippen molar-refractivity contribution in [1.82, 2.24) is 0 Å². The zero-order valence-electron chi connectivity index (χ0n) is 17.5. The van der Waals surface area contributed by atoms with Gasteiger partial charge >= 0.3 is 5.97 Å². The van der Waals surface area contributed by atoms with Crippen molar-refractivity contribution < 1.29 is 15.0 Å². The van der Waals surface area contributed by atoms with Crippen molar-refractivity contribution >= 4 is 5.97 Å². The van der Waals surface area contributed by atoms with E-state index >= 15 is 0 Å². The summed E-state index contributed by atoms with van der Waals surface area (Å²) in [6, 6.07) is 0. The van der Waals surface area contributed by atoms with Gasteiger partial charge in [0.25, 0.3) is 0 Å². The number of carboxylic acid groups (broad SMARTS) is 1. The van der Waals surface area contributed by atoms with E-state index in [0.717, 1.165) is 25.7 Å². The molecule has 0 aromatic heterocycles. The van der Waals surface area contributed by atoms with Gasteiger partial charge in [-0.3, -0.25) is 4.79 Å². The van der Waals surface area contributed by atoms with Gasteiger partial charge in [0.1, 0.15) is 0 Å². The largest absolute Gasteiger partial charge is 0.481 e. The number of aliphatic hydroxyl groups excluding tert-OH is 1. The first-order chi connectivity index (χ1) is 12.7. The van der Waals surface area contributed by atoms with Gasteiger partial charge in [0, 0.05) is 6.42 Å². The molecule has 2 N–H and O–H groups in total. The maximum absolute atomic E-state index is 10.4. The van der Waals surface area contributed by atoms with Crippen molar-refractivity contribution in [2.24, 2.45) is 0 Å². The van der Waals surface area contributed by atoms with E-state index in [1.807, 2.05) is 0 Å². The Bertz CT molecular complexity index is 291. The molecule has 0 radical (unpaired) electrons.